The van der Waals surface area contributed by atoms with Gasteiger partial charge in [0.15, 0.2) is 0 Å². The summed E-state index contributed by atoms with van der Waals surface area (Å²) in [5, 5.41) is 11.8. The topological polar surface area (TPSA) is 209 Å². The molecule has 0 rings (SSSR count). The fourth-order valence-electron chi connectivity index (χ4n) is 2.40. The van der Waals surface area contributed by atoms with Gasteiger partial charge in [-0.2, -0.15) is 25.3 Å². The van der Waals surface area contributed by atoms with Crippen LogP contribution in [0.15, 0.2) is 0 Å². The summed E-state index contributed by atoms with van der Waals surface area (Å²) in [6.07, 6.45) is 0.417. The number of hydrogen-bond acceptors (Lipinski definition) is 10. The molecule has 0 bridgehead atoms. The van der Waals surface area contributed by atoms with Crippen LogP contribution in [-0.4, -0.2) is 103 Å². The Labute approximate surface area is 207 Å². The van der Waals surface area contributed by atoms with E-state index in [0.29, 0.717) is 6.29 Å². The molecule has 192 valence electrons. The van der Waals surface area contributed by atoms with Crippen LogP contribution in [0.4, 0.5) is 0 Å². The molecule has 6 amide bonds. The second kappa shape index (κ2) is 16.7. The first-order valence-electron chi connectivity index (χ1n) is 10.0. The Bertz CT molecular complexity index is 769. The van der Waals surface area contributed by atoms with E-state index in [1.807, 2.05) is 0 Å². The minimum Gasteiger partial charge on any atom is -0.354 e. The second-order valence-corrected chi connectivity index (χ2v) is 7.60. The van der Waals surface area contributed by atoms with Gasteiger partial charge in [-0.25, -0.2) is 0 Å². The summed E-state index contributed by atoms with van der Waals surface area (Å²) in [5.41, 5.74) is 5.18. The molecule has 0 aromatic carbocycles. The number of nitrogens with one attached hydrogen (secondary N) is 5. The monoisotopic (exact) mass is 521 g/mol. The van der Waals surface area contributed by atoms with E-state index in [0.717, 1.165) is 4.90 Å². The number of hydrogen-bond donors (Lipinski definition) is 8. The van der Waals surface area contributed by atoms with Crippen molar-refractivity contribution >= 4 is 67.0 Å². The fraction of sp³-hybridized carbons (Fsp3) is 0.611. The van der Waals surface area contributed by atoms with Crippen LogP contribution in [0.3, 0.4) is 0 Å². The molecule has 0 aliphatic rings. The van der Waals surface area contributed by atoms with E-state index in [-0.39, 0.29) is 31.3 Å². The van der Waals surface area contributed by atoms with Gasteiger partial charge < -0.3 is 42.0 Å². The number of amides is 6. The molecule has 0 aliphatic carbocycles. The first-order chi connectivity index (χ1) is 16.0. The average molecular weight is 522 g/mol. The SMILES string of the molecule is CC(=O)NC[C@@H](C=O)N(CNC(C)=O)C(=O)[C@@H](CS)NC(=O)CNC(=O)C(CS)NC(=O)CN. The standard InChI is InChI=1S/C18H31N7O7S2/c1-10(27)20-4-12(6-26)25(9-22-11(2)28)18(32)14(8-34)24-16(30)5-21-17(31)13(7-33)23-15(29)3-19/h6,12-14,33-34H,3-5,7-9,19H2,1-2H3,(H,20,27)(H,21,31)(H,22,28)(H,23,29)(H,24,30)/t12-,13?,14+/m0/s1. The van der Waals surface area contributed by atoms with Crippen LogP contribution in [0.5, 0.6) is 0 Å². The maximum absolute atomic E-state index is 13.0. The van der Waals surface area contributed by atoms with Crippen LogP contribution in [0.2, 0.25) is 0 Å². The maximum atomic E-state index is 13.0. The first kappa shape index (κ1) is 31.1. The molecule has 0 aliphatic heterocycles. The minimum absolute atomic E-state index is 0.0452. The van der Waals surface area contributed by atoms with Gasteiger partial charge in [0, 0.05) is 31.9 Å². The lowest BCUT2D eigenvalue weighted by Gasteiger charge is -2.31. The van der Waals surface area contributed by atoms with Gasteiger partial charge in [0.2, 0.25) is 35.4 Å². The Morgan fingerprint density at radius 3 is 1.91 bits per heavy atom. The quantitative estimate of drug-likeness (QED) is 0.0597. The maximum Gasteiger partial charge on any atom is 0.248 e. The number of carbonyl (C=O) groups excluding carboxylic acids is 7. The summed E-state index contributed by atoms with van der Waals surface area (Å²) in [4.78, 5) is 83.8. The van der Waals surface area contributed by atoms with Crippen LogP contribution < -0.4 is 32.3 Å². The Kier molecular flexibility index (Phi) is 15.3. The minimum atomic E-state index is -1.22. The Balaban J connectivity index is 5.23. The molecule has 0 fully saturated rings. The zero-order valence-corrected chi connectivity index (χ0v) is 20.6. The van der Waals surface area contributed by atoms with Crippen LogP contribution in [-0.2, 0) is 33.6 Å². The van der Waals surface area contributed by atoms with E-state index < -0.39 is 60.1 Å². The summed E-state index contributed by atoms with van der Waals surface area (Å²) >= 11 is 8.02. The molecule has 0 heterocycles. The first-order valence-corrected chi connectivity index (χ1v) is 11.3. The summed E-state index contributed by atoms with van der Waals surface area (Å²) < 4.78 is 0. The summed E-state index contributed by atoms with van der Waals surface area (Å²) in [6.45, 7) is 0.996. The highest BCUT2D eigenvalue weighted by molar-refractivity contribution is 7.80. The van der Waals surface area contributed by atoms with Crippen molar-refractivity contribution in [1.29, 1.82) is 0 Å². The van der Waals surface area contributed by atoms with Gasteiger partial charge >= 0.3 is 0 Å². The van der Waals surface area contributed by atoms with Crippen molar-refractivity contribution in [3.05, 3.63) is 0 Å². The lowest BCUT2D eigenvalue weighted by Crippen LogP contribution is -2.59. The average Bonchev–Trinajstić information content (AvgIpc) is 2.80. The highest BCUT2D eigenvalue weighted by atomic mass is 32.1. The Morgan fingerprint density at radius 2 is 1.44 bits per heavy atom. The summed E-state index contributed by atoms with van der Waals surface area (Å²) in [6, 6.07) is -3.38. The van der Waals surface area contributed by atoms with Crippen molar-refractivity contribution in [2.75, 3.05) is 37.8 Å². The third-order valence-electron chi connectivity index (χ3n) is 4.16. The van der Waals surface area contributed by atoms with E-state index in [2.05, 4.69) is 51.8 Å². The Morgan fingerprint density at radius 1 is 0.882 bits per heavy atom. The highest BCUT2D eigenvalue weighted by Gasteiger charge is 2.30. The largest absolute Gasteiger partial charge is 0.354 e. The molecule has 7 N–H and O–H groups in total. The molecule has 34 heavy (non-hydrogen) atoms. The number of nitrogens with zero attached hydrogens (tertiary/aromatic N) is 1. The van der Waals surface area contributed by atoms with Crippen molar-refractivity contribution in [3.63, 3.8) is 0 Å². The fourth-order valence-corrected chi connectivity index (χ4v) is 2.91. The summed E-state index contributed by atoms with van der Waals surface area (Å²) in [7, 11) is 0. The smallest absolute Gasteiger partial charge is 0.248 e. The van der Waals surface area contributed by atoms with E-state index in [1.165, 1.54) is 13.8 Å². The lowest BCUT2D eigenvalue weighted by molar-refractivity contribution is -0.141. The van der Waals surface area contributed by atoms with Gasteiger partial charge in [0.1, 0.15) is 24.4 Å². The van der Waals surface area contributed by atoms with E-state index in [1.54, 1.807) is 0 Å². The normalized spacial score (nSPS) is 12.9. The lowest BCUT2D eigenvalue weighted by atomic mass is 10.2. The van der Waals surface area contributed by atoms with Crippen molar-refractivity contribution in [1.82, 2.24) is 31.5 Å². The molecule has 0 aromatic heterocycles. The molecule has 0 radical (unpaired) electrons. The molecule has 0 saturated carbocycles. The predicted molar refractivity (Wildman–Crippen MR) is 128 cm³/mol. The molecule has 14 nitrogen and oxygen atoms in total. The van der Waals surface area contributed by atoms with Crippen molar-refractivity contribution < 1.29 is 33.6 Å². The molecule has 0 saturated heterocycles. The van der Waals surface area contributed by atoms with Crippen LogP contribution in [0.1, 0.15) is 13.8 Å². The molecular weight excluding hydrogens is 490 g/mol. The van der Waals surface area contributed by atoms with Gasteiger partial charge in [-0.15, -0.1) is 0 Å². The van der Waals surface area contributed by atoms with E-state index in [9.17, 15) is 33.6 Å². The van der Waals surface area contributed by atoms with Gasteiger partial charge in [0.05, 0.1) is 19.8 Å². The zero-order valence-electron chi connectivity index (χ0n) is 18.8. The number of aldehydes is 1. The number of nitrogens with two attached hydrogens (primary N) is 1. The number of thiol groups is 2. The van der Waals surface area contributed by atoms with Crippen molar-refractivity contribution in [2.24, 2.45) is 5.73 Å². The molecule has 3 atom stereocenters. The van der Waals surface area contributed by atoms with Crippen molar-refractivity contribution in [3.8, 4) is 0 Å². The third kappa shape index (κ3) is 11.9. The molecule has 1 unspecified atom stereocenters. The van der Waals surface area contributed by atoms with Gasteiger partial charge in [-0.1, -0.05) is 0 Å². The zero-order chi connectivity index (χ0) is 26.3. The second-order valence-electron chi connectivity index (χ2n) is 6.87. The van der Waals surface area contributed by atoms with E-state index in [4.69, 9.17) is 5.73 Å². The van der Waals surface area contributed by atoms with Crippen LogP contribution >= 0.6 is 25.3 Å². The predicted octanol–water partition coefficient (Wildman–Crippen LogP) is -4.48. The molecular formula is C18H31N7O7S2. The van der Waals surface area contributed by atoms with Crippen molar-refractivity contribution in [2.45, 2.75) is 32.0 Å². The molecule has 16 heteroatoms. The van der Waals surface area contributed by atoms with Gasteiger partial charge in [-0.3, -0.25) is 28.8 Å². The highest BCUT2D eigenvalue weighted by Crippen LogP contribution is 2.03. The van der Waals surface area contributed by atoms with Crippen LogP contribution in [0.25, 0.3) is 0 Å². The van der Waals surface area contributed by atoms with Crippen LogP contribution in [0, 0.1) is 0 Å². The number of rotatable bonds is 15. The van der Waals surface area contributed by atoms with Gasteiger partial charge in [0.25, 0.3) is 0 Å². The van der Waals surface area contributed by atoms with Gasteiger partial charge in [-0.05, 0) is 0 Å². The summed E-state index contributed by atoms with van der Waals surface area (Å²) in [5.74, 6) is -3.91. The number of carbonyl (C=O) groups is 7. The molecule has 0 spiro atoms. The van der Waals surface area contributed by atoms with E-state index >= 15 is 0 Å². The Hall–Kier alpha value is -2.85. The third-order valence-corrected chi connectivity index (χ3v) is 4.89. The molecule has 0 aromatic rings.